The lowest BCUT2D eigenvalue weighted by atomic mass is 9.76. The van der Waals surface area contributed by atoms with E-state index >= 15 is 0 Å². The fourth-order valence-electron chi connectivity index (χ4n) is 2.92. The van der Waals surface area contributed by atoms with Crippen molar-refractivity contribution in [1.82, 2.24) is 14.5 Å². The Morgan fingerprint density at radius 1 is 1.52 bits per heavy atom. The molecule has 1 N–H and O–H groups in total. The van der Waals surface area contributed by atoms with E-state index in [4.69, 9.17) is 0 Å². The van der Waals surface area contributed by atoms with Crippen LogP contribution in [0.2, 0.25) is 0 Å². The van der Waals surface area contributed by atoms with Gasteiger partial charge in [-0.1, -0.05) is 13.8 Å². The second-order valence-electron chi connectivity index (χ2n) is 6.21. The van der Waals surface area contributed by atoms with Gasteiger partial charge in [-0.05, 0) is 22.2 Å². The third-order valence-electron chi connectivity index (χ3n) is 4.64. The van der Waals surface area contributed by atoms with Crippen molar-refractivity contribution in [2.24, 2.45) is 11.3 Å². The predicted octanol–water partition coefficient (Wildman–Crippen LogP) is 1.06. The lowest BCUT2D eigenvalue weighted by Crippen LogP contribution is -2.41. The number of aliphatic carboxylic acids is 1. The summed E-state index contributed by atoms with van der Waals surface area (Å²) in [6.45, 7) is 5.71. The van der Waals surface area contributed by atoms with Crippen molar-refractivity contribution in [3.05, 3.63) is 22.1 Å². The zero-order valence-corrected chi connectivity index (χ0v) is 13.4. The number of imidazole rings is 1. The van der Waals surface area contributed by atoms with E-state index in [-0.39, 0.29) is 30.7 Å². The molecule has 1 amide bonds. The highest BCUT2D eigenvalue weighted by atomic mass is 16.6. The van der Waals surface area contributed by atoms with Crippen molar-refractivity contribution in [2.45, 2.75) is 33.7 Å². The normalized spacial score (nSPS) is 21.0. The molecule has 0 aliphatic carbocycles. The smallest absolute Gasteiger partial charge is 0.381 e. The van der Waals surface area contributed by atoms with Gasteiger partial charge in [0.1, 0.15) is 12.7 Å². The van der Waals surface area contributed by atoms with E-state index < -0.39 is 16.3 Å². The molecule has 2 rings (SSSR count). The molecule has 1 fully saturated rings. The third-order valence-corrected chi connectivity index (χ3v) is 4.64. The van der Waals surface area contributed by atoms with Gasteiger partial charge in [-0.2, -0.15) is 0 Å². The Morgan fingerprint density at radius 3 is 2.61 bits per heavy atom. The van der Waals surface area contributed by atoms with Crippen LogP contribution >= 0.6 is 0 Å². The predicted molar refractivity (Wildman–Crippen MR) is 79.7 cm³/mol. The molecule has 9 nitrogen and oxygen atoms in total. The third kappa shape index (κ3) is 3.03. The Balaban J connectivity index is 2.11. The number of likely N-dealkylation sites (tertiary alicyclic amines) is 1. The van der Waals surface area contributed by atoms with Crippen LogP contribution in [0.15, 0.2) is 6.20 Å². The Morgan fingerprint density at radius 2 is 2.17 bits per heavy atom. The van der Waals surface area contributed by atoms with Crippen molar-refractivity contribution in [3.8, 4) is 0 Å². The van der Waals surface area contributed by atoms with E-state index in [0.29, 0.717) is 18.8 Å². The van der Waals surface area contributed by atoms with Crippen molar-refractivity contribution in [1.29, 1.82) is 0 Å². The summed E-state index contributed by atoms with van der Waals surface area (Å²) in [5.41, 5.74) is -0.925. The number of carboxylic acids is 1. The Labute approximate surface area is 133 Å². The molecule has 0 saturated carbocycles. The summed E-state index contributed by atoms with van der Waals surface area (Å²) in [7, 11) is 0. The van der Waals surface area contributed by atoms with E-state index in [1.807, 2.05) is 13.8 Å². The first-order valence-electron chi connectivity index (χ1n) is 7.36. The molecule has 1 unspecified atom stereocenters. The fraction of sp³-hybridized carbons (Fsp3) is 0.643. The highest BCUT2D eigenvalue weighted by molar-refractivity contribution is 5.80. The molecule has 9 heteroatoms. The van der Waals surface area contributed by atoms with Gasteiger partial charge in [0.25, 0.3) is 0 Å². The second-order valence-corrected chi connectivity index (χ2v) is 6.21. The number of aromatic nitrogens is 2. The van der Waals surface area contributed by atoms with Crippen molar-refractivity contribution < 1.29 is 19.6 Å². The summed E-state index contributed by atoms with van der Waals surface area (Å²) in [6.07, 6.45) is 1.63. The zero-order valence-electron chi connectivity index (χ0n) is 13.4. The van der Waals surface area contributed by atoms with Gasteiger partial charge >= 0.3 is 11.8 Å². The average molecular weight is 324 g/mol. The standard InChI is InChI=1S/C14H20N4O5/c1-9(2)14(13(20)21)4-5-16(8-14)12(19)7-17-6-11(18(22)23)15-10(17)3/h6,9H,4-5,7-8H2,1-3H3,(H,20,21). The first-order chi connectivity index (χ1) is 10.7. The van der Waals surface area contributed by atoms with Gasteiger partial charge in [0.2, 0.25) is 11.7 Å². The number of hydrogen-bond acceptors (Lipinski definition) is 5. The van der Waals surface area contributed by atoms with E-state index in [0.717, 1.165) is 0 Å². The van der Waals surface area contributed by atoms with Gasteiger partial charge in [-0.3, -0.25) is 14.2 Å². The van der Waals surface area contributed by atoms with Crippen LogP contribution in [0.4, 0.5) is 5.82 Å². The van der Waals surface area contributed by atoms with Crippen LogP contribution in [0.3, 0.4) is 0 Å². The molecule has 2 heterocycles. The van der Waals surface area contributed by atoms with Crippen molar-refractivity contribution in [2.75, 3.05) is 13.1 Å². The van der Waals surface area contributed by atoms with Gasteiger partial charge in [0, 0.05) is 20.0 Å². The van der Waals surface area contributed by atoms with Crippen LogP contribution < -0.4 is 0 Å². The Hall–Kier alpha value is -2.45. The summed E-state index contributed by atoms with van der Waals surface area (Å²) >= 11 is 0. The molecule has 1 aromatic heterocycles. The van der Waals surface area contributed by atoms with Crippen LogP contribution in [0.1, 0.15) is 26.1 Å². The lowest BCUT2D eigenvalue weighted by Gasteiger charge is -2.28. The van der Waals surface area contributed by atoms with E-state index in [2.05, 4.69) is 4.98 Å². The van der Waals surface area contributed by atoms with E-state index in [1.54, 1.807) is 6.92 Å². The molecule has 1 aromatic rings. The zero-order chi connectivity index (χ0) is 17.4. The van der Waals surface area contributed by atoms with E-state index in [1.165, 1.54) is 15.7 Å². The van der Waals surface area contributed by atoms with Gasteiger partial charge in [0.15, 0.2) is 0 Å². The summed E-state index contributed by atoms with van der Waals surface area (Å²) in [5, 5.41) is 20.2. The number of hydrogen-bond donors (Lipinski definition) is 1. The van der Waals surface area contributed by atoms with Gasteiger partial charge in [0.05, 0.1) is 5.41 Å². The van der Waals surface area contributed by atoms with Crippen LogP contribution in [-0.2, 0) is 16.1 Å². The number of nitro groups is 1. The number of rotatable bonds is 5. The topological polar surface area (TPSA) is 119 Å². The summed E-state index contributed by atoms with van der Waals surface area (Å²) in [5.74, 6) is -1.17. The maximum atomic E-state index is 12.4. The molecule has 0 spiro atoms. The highest BCUT2D eigenvalue weighted by Crippen LogP contribution is 2.38. The van der Waals surface area contributed by atoms with Crippen LogP contribution in [-0.4, -0.2) is 49.4 Å². The molecular formula is C14H20N4O5. The minimum atomic E-state index is -0.925. The minimum Gasteiger partial charge on any atom is -0.481 e. The SMILES string of the molecule is Cc1nc([N+](=O)[O-])cn1CC(=O)N1CCC(C(=O)O)(C(C)C)C1. The van der Waals surface area contributed by atoms with Crippen LogP contribution in [0.5, 0.6) is 0 Å². The van der Waals surface area contributed by atoms with Gasteiger partial charge in [-0.25, -0.2) is 0 Å². The number of nitrogens with zero attached hydrogens (tertiary/aromatic N) is 4. The summed E-state index contributed by atoms with van der Waals surface area (Å²) < 4.78 is 1.41. The number of carbonyl (C=O) groups excluding carboxylic acids is 1. The molecular weight excluding hydrogens is 304 g/mol. The minimum absolute atomic E-state index is 0.0829. The van der Waals surface area contributed by atoms with Crippen LogP contribution in [0, 0.1) is 28.4 Å². The highest BCUT2D eigenvalue weighted by Gasteiger charge is 2.48. The number of aryl methyl sites for hydroxylation is 1. The quantitative estimate of drug-likeness (QED) is 0.639. The molecule has 0 radical (unpaired) electrons. The summed E-state index contributed by atoms with van der Waals surface area (Å²) in [6, 6.07) is 0. The van der Waals surface area contributed by atoms with E-state index in [9.17, 15) is 24.8 Å². The van der Waals surface area contributed by atoms with Crippen molar-refractivity contribution >= 4 is 17.7 Å². The molecule has 126 valence electrons. The Kier molecular flexibility index (Phi) is 4.39. The molecule has 0 aromatic carbocycles. The Bertz CT molecular complexity index is 654. The van der Waals surface area contributed by atoms with Crippen molar-refractivity contribution in [3.63, 3.8) is 0 Å². The maximum absolute atomic E-state index is 12.4. The number of amides is 1. The maximum Gasteiger partial charge on any atom is 0.381 e. The number of carbonyl (C=O) groups is 2. The molecule has 0 bridgehead atoms. The molecule has 1 saturated heterocycles. The van der Waals surface area contributed by atoms with Gasteiger partial charge < -0.3 is 20.1 Å². The lowest BCUT2D eigenvalue weighted by molar-refractivity contribution is -0.389. The molecule has 23 heavy (non-hydrogen) atoms. The molecule has 1 aliphatic rings. The van der Waals surface area contributed by atoms with Crippen LogP contribution in [0.25, 0.3) is 0 Å². The first kappa shape index (κ1) is 16.9. The second kappa shape index (κ2) is 5.98. The molecule has 1 aliphatic heterocycles. The summed E-state index contributed by atoms with van der Waals surface area (Å²) in [4.78, 5) is 39.4. The fourth-order valence-corrected chi connectivity index (χ4v) is 2.92. The van der Waals surface area contributed by atoms with Gasteiger partial charge in [-0.15, -0.1) is 0 Å². The molecule has 1 atom stereocenters. The monoisotopic (exact) mass is 324 g/mol. The number of carboxylic acid groups (broad SMARTS) is 1. The average Bonchev–Trinajstić information content (AvgIpc) is 3.04. The largest absolute Gasteiger partial charge is 0.481 e. The first-order valence-corrected chi connectivity index (χ1v) is 7.36.